The standard InChI is InChI=1S/C12H19ClO3/c1-10(4-3-5-11(2)9-14)6-7-16-12(15)8-13/h5-6,14H,3-4,7-9H2,1-2H3/b10-6+,11-5+. The Bertz CT molecular complexity index is 269. The molecular weight excluding hydrogens is 228 g/mol. The second-order valence-corrected chi connectivity index (χ2v) is 3.88. The van der Waals surface area contributed by atoms with E-state index in [-0.39, 0.29) is 19.1 Å². The highest BCUT2D eigenvalue weighted by molar-refractivity contribution is 6.26. The summed E-state index contributed by atoms with van der Waals surface area (Å²) in [6.45, 7) is 4.26. The molecule has 0 radical (unpaired) electrons. The number of esters is 1. The number of aliphatic hydroxyl groups excluding tert-OH is 1. The average Bonchev–Trinajstić information content (AvgIpc) is 2.28. The number of hydrogen-bond acceptors (Lipinski definition) is 3. The summed E-state index contributed by atoms with van der Waals surface area (Å²) in [5.41, 5.74) is 2.13. The van der Waals surface area contributed by atoms with E-state index in [1.54, 1.807) is 0 Å². The van der Waals surface area contributed by atoms with Crippen LogP contribution < -0.4 is 0 Å². The van der Waals surface area contributed by atoms with Gasteiger partial charge < -0.3 is 9.84 Å². The largest absolute Gasteiger partial charge is 0.461 e. The summed E-state index contributed by atoms with van der Waals surface area (Å²) in [6, 6.07) is 0. The smallest absolute Gasteiger partial charge is 0.321 e. The summed E-state index contributed by atoms with van der Waals surface area (Å²) >= 11 is 5.28. The molecule has 0 saturated heterocycles. The van der Waals surface area contributed by atoms with Gasteiger partial charge in [0.05, 0.1) is 6.61 Å². The zero-order chi connectivity index (χ0) is 12.4. The van der Waals surface area contributed by atoms with Crippen LogP contribution in [0.5, 0.6) is 0 Å². The first-order chi connectivity index (χ1) is 7.60. The van der Waals surface area contributed by atoms with Crippen LogP contribution in [0, 0.1) is 0 Å². The fourth-order valence-electron chi connectivity index (χ4n) is 1.03. The Morgan fingerprint density at radius 2 is 2.00 bits per heavy atom. The monoisotopic (exact) mass is 246 g/mol. The second kappa shape index (κ2) is 9.43. The molecule has 0 aliphatic rings. The van der Waals surface area contributed by atoms with Crippen LogP contribution in [0.2, 0.25) is 0 Å². The van der Waals surface area contributed by atoms with E-state index in [1.807, 2.05) is 26.0 Å². The average molecular weight is 247 g/mol. The molecular formula is C12H19ClO3. The van der Waals surface area contributed by atoms with Crippen molar-refractivity contribution in [2.75, 3.05) is 19.1 Å². The van der Waals surface area contributed by atoms with E-state index in [1.165, 1.54) is 0 Å². The van der Waals surface area contributed by atoms with Crippen LogP contribution in [0.15, 0.2) is 23.3 Å². The number of carbonyl (C=O) groups is 1. The SMILES string of the molecule is C/C(=C\CC/C(C)=C/COC(=O)CCl)CO. The molecule has 0 aliphatic heterocycles. The molecule has 0 aliphatic carbocycles. The Hall–Kier alpha value is -0.800. The molecule has 0 heterocycles. The van der Waals surface area contributed by atoms with E-state index in [2.05, 4.69) is 0 Å². The lowest BCUT2D eigenvalue weighted by molar-refractivity contribution is -0.139. The minimum absolute atomic E-state index is 0.106. The number of alkyl halides is 1. The first kappa shape index (κ1) is 15.2. The van der Waals surface area contributed by atoms with Crippen LogP contribution in [0.1, 0.15) is 26.7 Å². The summed E-state index contributed by atoms with van der Waals surface area (Å²) in [5.74, 6) is -0.507. The third-order valence-electron chi connectivity index (χ3n) is 2.07. The normalized spacial score (nSPS) is 12.8. The van der Waals surface area contributed by atoms with Gasteiger partial charge in [-0.25, -0.2) is 0 Å². The van der Waals surface area contributed by atoms with Crippen molar-refractivity contribution in [2.24, 2.45) is 0 Å². The van der Waals surface area contributed by atoms with Crippen molar-refractivity contribution in [3.05, 3.63) is 23.3 Å². The predicted octanol–water partition coefficient (Wildman–Crippen LogP) is 2.43. The minimum Gasteiger partial charge on any atom is -0.461 e. The molecule has 0 spiro atoms. The molecule has 1 N–H and O–H groups in total. The number of rotatable bonds is 7. The van der Waals surface area contributed by atoms with Crippen LogP contribution in [0.4, 0.5) is 0 Å². The third kappa shape index (κ3) is 8.50. The maximum absolute atomic E-state index is 10.7. The number of hydrogen-bond donors (Lipinski definition) is 1. The molecule has 0 amide bonds. The zero-order valence-electron chi connectivity index (χ0n) is 9.83. The van der Waals surface area contributed by atoms with E-state index >= 15 is 0 Å². The van der Waals surface area contributed by atoms with Crippen molar-refractivity contribution in [2.45, 2.75) is 26.7 Å². The number of ether oxygens (including phenoxy) is 1. The molecule has 16 heavy (non-hydrogen) atoms. The van der Waals surface area contributed by atoms with Gasteiger partial charge in [-0.1, -0.05) is 17.2 Å². The summed E-state index contributed by atoms with van der Waals surface area (Å²) < 4.78 is 4.81. The quantitative estimate of drug-likeness (QED) is 0.426. The van der Waals surface area contributed by atoms with Gasteiger partial charge in [0.15, 0.2) is 0 Å². The Morgan fingerprint density at radius 1 is 1.31 bits per heavy atom. The van der Waals surface area contributed by atoms with Crippen LogP contribution in [-0.2, 0) is 9.53 Å². The van der Waals surface area contributed by atoms with E-state index in [0.717, 1.165) is 24.0 Å². The van der Waals surface area contributed by atoms with E-state index in [0.29, 0.717) is 0 Å². The summed E-state index contributed by atoms with van der Waals surface area (Å²) in [5, 5.41) is 8.78. The highest BCUT2D eigenvalue weighted by Crippen LogP contribution is 2.06. The molecule has 0 aromatic heterocycles. The van der Waals surface area contributed by atoms with Crippen molar-refractivity contribution < 1.29 is 14.6 Å². The fourth-order valence-corrected chi connectivity index (χ4v) is 1.11. The van der Waals surface area contributed by atoms with Gasteiger partial charge in [0.1, 0.15) is 12.5 Å². The highest BCUT2D eigenvalue weighted by atomic mass is 35.5. The lowest BCUT2D eigenvalue weighted by Crippen LogP contribution is -2.05. The maximum atomic E-state index is 10.7. The van der Waals surface area contributed by atoms with Crippen LogP contribution in [-0.4, -0.2) is 30.2 Å². The minimum atomic E-state index is -0.401. The van der Waals surface area contributed by atoms with Gasteiger partial charge in [-0.15, -0.1) is 11.6 Å². The number of carbonyl (C=O) groups excluding carboxylic acids is 1. The van der Waals surface area contributed by atoms with Crippen molar-refractivity contribution in [3.63, 3.8) is 0 Å². The molecule has 0 aromatic carbocycles. The van der Waals surface area contributed by atoms with Crippen molar-refractivity contribution in [1.29, 1.82) is 0 Å². The Morgan fingerprint density at radius 3 is 2.56 bits per heavy atom. The first-order valence-corrected chi connectivity index (χ1v) is 5.77. The van der Waals surface area contributed by atoms with Crippen LogP contribution >= 0.6 is 11.6 Å². The third-order valence-corrected chi connectivity index (χ3v) is 2.28. The molecule has 0 fully saturated rings. The van der Waals surface area contributed by atoms with Crippen LogP contribution in [0.25, 0.3) is 0 Å². The van der Waals surface area contributed by atoms with Gasteiger partial charge in [0, 0.05) is 0 Å². The Labute approximate surface area is 102 Å². The highest BCUT2D eigenvalue weighted by Gasteiger charge is 1.97. The molecule has 4 heteroatoms. The number of allylic oxidation sites excluding steroid dienone is 2. The molecule has 0 atom stereocenters. The summed E-state index contributed by atoms with van der Waals surface area (Å²) in [6.07, 6.45) is 5.66. The van der Waals surface area contributed by atoms with Crippen molar-refractivity contribution in [3.8, 4) is 0 Å². The number of halogens is 1. The fraction of sp³-hybridized carbons (Fsp3) is 0.583. The zero-order valence-corrected chi connectivity index (χ0v) is 10.6. The van der Waals surface area contributed by atoms with Crippen molar-refractivity contribution >= 4 is 17.6 Å². The lowest BCUT2D eigenvalue weighted by Gasteiger charge is -2.01. The van der Waals surface area contributed by atoms with Gasteiger partial charge in [-0.2, -0.15) is 0 Å². The van der Waals surface area contributed by atoms with Gasteiger partial charge >= 0.3 is 5.97 Å². The van der Waals surface area contributed by atoms with E-state index in [4.69, 9.17) is 21.4 Å². The summed E-state index contributed by atoms with van der Waals surface area (Å²) in [4.78, 5) is 10.7. The van der Waals surface area contributed by atoms with Gasteiger partial charge in [-0.3, -0.25) is 4.79 Å². The van der Waals surface area contributed by atoms with Crippen molar-refractivity contribution in [1.82, 2.24) is 0 Å². The number of aliphatic hydroxyl groups is 1. The second-order valence-electron chi connectivity index (χ2n) is 3.61. The van der Waals surface area contributed by atoms with Gasteiger partial charge in [-0.05, 0) is 32.8 Å². The molecule has 0 bridgehead atoms. The Balaban J connectivity index is 3.75. The Kier molecular flexibility index (Phi) is 8.96. The molecule has 0 aromatic rings. The van der Waals surface area contributed by atoms with Gasteiger partial charge in [0.2, 0.25) is 0 Å². The van der Waals surface area contributed by atoms with E-state index in [9.17, 15) is 4.79 Å². The molecule has 0 unspecified atom stereocenters. The molecule has 0 rings (SSSR count). The lowest BCUT2D eigenvalue weighted by atomic mass is 10.1. The summed E-state index contributed by atoms with van der Waals surface area (Å²) in [7, 11) is 0. The predicted molar refractivity (Wildman–Crippen MR) is 65.5 cm³/mol. The van der Waals surface area contributed by atoms with Gasteiger partial charge in [0.25, 0.3) is 0 Å². The van der Waals surface area contributed by atoms with E-state index < -0.39 is 5.97 Å². The van der Waals surface area contributed by atoms with Crippen LogP contribution in [0.3, 0.4) is 0 Å². The topological polar surface area (TPSA) is 46.5 Å². The first-order valence-electron chi connectivity index (χ1n) is 5.23. The molecule has 92 valence electrons. The molecule has 0 saturated carbocycles. The maximum Gasteiger partial charge on any atom is 0.321 e. The molecule has 3 nitrogen and oxygen atoms in total.